The van der Waals surface area contributed by atoms with Crippen molar-refractivity contribution >= 4 is 23.5 Å². The third-order valence-electron chi connectivity index (χ3n) is 3.67. The van der Waals surface area contributed by atoms with E-state index in [-0.39, 0.29) is 5.78 Å². The van der Waals surface area contributed by atoms with Crippen LogP contribution in [-0.4, -0.2) is 20.0 Å². The summed E-state index contributed by atoms with van der Waals surface area (Å²) in [6.45, 7) is 4.01. The maximum atomic E-state index is 12.3. The van der Waals surface area contributed by atoms with Crippen molar-refractivity contribution < 1.29 is 14.3 Å². The van der Waals surface area contributed by atoms with Gasteiger partial charge in [-0.25, -0.2) is 0 Å². The predicted molar refractivity (Wildman–Crippen MR) is 93.8 cm³/mol. The van der Waals surface area contributed by atoms with Gasteiger partial charge >= 0.3 is 0 Å². The summed E-state index contributed by atoms with van der Waals surface area (Å²) in [7, 11) is 3.07. The predicted octanol–water partition coefficient (Wildman–Crippen LogP) is 4.87. The van der Waals surface area contributed by atoms with E-state index in [2.05, 4.69) is 0 Å². The molecule has 0 fully saturated rings. The lowest BCUT2D eigenvalue weighted by Crippen LogP contribution is -1.96. The lowest BCUT2D eigenvalue weighted by atomic mass is 10.0. The average molecular weight is 331 g/mol. The molecule has 0 saturated carbocycles. The summed E-state index contributed by atoms with van der Waals surface area (Å²) < 4.78 is 10.4. The number of carbonyl (C=O) groups is 1. The van der Waals surface area contributed by atoms with Crippen molar-refractivity contribution in [2.45, 2.75) is 13.8 Å². The molecule has 0 aromatic heterocycles. The Morgan fingerprint density at radius 2 is 1.78 bits per heavy atom. The Kier molecular flexibility index (Phi) is 5.45. The normalized spacial score (nSPS) is 10.8. The first kappa shape index (κ1) is 17.1. The van der Waals surface area contributed by atoms with Gasteiger partial charge in [-0.2, -0.15) is 0 Å². The molecule has 4 heteroatoms. The van der Waals surface area contributed by atoms with Gasteiger partial charge in [0.25, 0.3) is 0 Å². The largest absolute Gasteiger partial charge is 0.493 e. The third-order valence-corrected chi connectivity index (χ3v) is 3.96. The van der Waals surface area contributed by atoms with E-state index in [0.29, 0.717) is 22.1 Å². The van der Waals surface area contributed by atoms with Gasteiger partial charge in [-0.3, -0.25) is 4.79 Å². The molecule has 0 atom stereocenters. The number of methoxy groups -OCH3 is 2. The van der Waals surface area contributed by atoms with E-state index in [1.807, 2.05) is 32.0 Å². The Morgan fingerprint density at radius 1 is 1.04 bits per heavy atom. The van der Waals surface area contributed by atoms with Crippen molar-refractivity contribution in [3.05, 3.63) is 63.7 Å². The van der Waals surface area contributed by atoms with Crippen molar-refractivity contribution in [1.82, 2.24) is 0 Å². The topological polar surface area (TPSA) is 35.5 Å². The number of rotatable bonds is 5. The number of hydrogen-bond acceptors (Lipinski definition) is 3. The Bertz CT molecular complexity index is 763. The van der Waals surface area contributed by atoms with E-state index in [1.54, 1.807) is 25.3 Å². The number of ether oxygens (including phenoxy) is 2. The van der Waals surface area contributed by atoms with E-state index < -0.39 is 0 Å². The van der Waals surface area contributed by atoms with E-state index in [0.717, 1.165) is 16.7 Å². The molecule has 0 aliphatic rings. The van der Waals surface area contributed by atoms with Crippen molar-refractivity contribution in [3.63, 3.8) is 0 Å². The van der Waals surface area contributed by atoms with Crippen LogP contribution in [0.3, 0.4) is 0 Å². The molecule has 0 unspecified atom stereocenters. The molecular formula is C19H19ClO3. The molecule has 0 N–H and O–H groups in total. The second-order valence-electron chi connectivity index (χ2n) is 5.23. The van der Waals surface area contributed by atoms with Gasteiger partial charge < -0.3 is 9.47 Å². The second-order valence-corrected chi connectivity index (χ2v) is 5.64. The Balaban J connectivity index is 2.27. The van der Waals surface area contributed by atoms with Crippen LogP contribution in [0.15, 0.2) is 36.4 Å². The number of hydrogen-bond donors (Lipinski definition) is 0. The summed E-state index contributed by atoms with van der Waals surface area (Å²) in [5.74, 6) is 0.948. The number of aryl methyl sites for hydroxylation is 2. The van der Waals surface area contributed by atoms with Gasteiger partial charge in [-0.15, -0.1) is 0 Å². The van der Waals surface area contributed by atoms with Crippen LogP contribution in [0.2, 0.25) is 5.02 Å². The molecule has 0 saturated heterocycles. The summed E-state index contributed by atoms with van der Waals surface area (Å²) in [5, 5.41) is 0.435. The van der Waals surface area contributed by atoms with Gasteiger partial charge in [0.15, 0.2) is 17.3 Å². The molecule has 0 amide bonds. The summed E-state index contributed by atoms with van der Waals surface area (Å²) in [6, 6.07) is 9.17. The van der Waals surface area contributed by atoms with E-state index in [4.69, 9.17) is 21.1 Å². The van der Waals surface area contributed by atoms with Gasteiger partial charge in [0.1, 0.15) is 0 Å². The Hall–Kier alpha value is -2.26. The SMILES string of the molecule is COc1cc(C=CC(=O)c2ccc(C)c(C)c2)cc(Cl)c1OC. The molecular weight excluding hydrogens is 312 g/mol. The van der Waals surface area contributed by atoms with Crippen LogP contribution in [0.25, 0.3) is 6.08 Å². The highest BCUT2D eigenvalue weighted by molar-refractivity contribution is 6.32. The van der Waals surface area contributed by atoms with Crippen LogP contribution in [0.1, 0.15) is 27.0 Å². The zero-order valence-electron chi connectivity index (χ0n) is 13.6. The highest BCUT2D eigenvalue weighted by Crippen LogP contribution is 2.36. The minimum atomic E-state index is -0.0565. The van der Waals surface area contributed by atoms with Crippen LogP contribution >= 0.6 is 11.6 Å². The molecule has 23 heavy (non-hydrogen) atoms. The first-order valence-electron chi connectivity index (χ1n) is 7.17. The third kappa shape index (κ3) is 3.93. The Morgan fingerprint density at radius 3 is 2.39 bits per heavy atom. The molecule has 0 bridgehead atoms. The number of benzene rings is 2. The molecule has 2 aromatic rings. The smallest absolute Gasteiger partial charge is 0.185 e. The minimum absolute atomic E-state index is 0.0565. The van der Waals surface area contributed by atoms with Crippen molar-refractivity contribution in [2.24, 2.45) is 0 Å². The van der Waals surface area contributed by atoms with E-state index in [1.165, 1.54) is 13.2 Å². The number of halogens is 1. The van der Waals surface area contributed by atoms with E-state index >= 15 is 0 Å². The maximum absolute atomic E-state index is 12.3. The van der Waals surface area contributed by atoms with Crippen LogP contribution in [0.4, 0.5) is 0 Å². The summed E-state index contributed by atoms with van der Waals surface area (Å²) in [5.41, 5.74) is 3.69. The average Bonchev–Trinajstić information content (AvgIpc) is 2.54. The van der Waals surface area contributed by atoms with Gasteiger partial charge in [0.2, 0.25) is 0 Å². The van der Waals surface area contributed by atoms with Crippen LogP contribution in [0.5, 0.6) is 11.5 Å². The molecule has 2 aromatic carbocycles. The van der Waals surface area contributed by atoms with E-state index in [9.17, 15) is 4.79 Å². The number of carbonyl (C=O) groups excluding carboxylic acids is 1. The molecule has 2 rings (SSSR count). The standard InChI is InChI=1S/C19H19ClO3/c1-12-5-7-15(9-13(12)2)17(21)8-6-14-10-16(20)19(23-4)18(11-14)22-3/h5-11H,1-4H3. The second kappa shape index (κ2) is 7.34. The fraction of sp³-hybridized carbons (Fsp3) is 0.211. The molecule has 0 heterocycles. The molecule has 3 nitrogen and oxygen atoms in total. The van der Waals surface area contributed by atoms with Gasteiger partial charge in [-0.1, -0.05) is 29.8 Å². The summed E-state index contributed by atoms with van der Waals surface area (Å²) in [4.78, 5) is 12.3. The van der Waals surface area contributed by atoms with Gasteiger partial charge in [0, 0.05) is 5.56 Å². The minimum Gasteiger partial charge on any atom is -0.493 e. The zero-order valence-corrected chi connectivity index (χ0v) is 14.4. The molecule has 0 spiro atoms. The highest BCUT2D eigenvalue weighted by Gasteiger charge is 2.10. The summed E-state index contributed by atoms with van der Waals surface area (Å²) in [6.07, 6.45) is 3.24. The molecule has 0 aliphatic carbocycles. The molecule has 120 valence electrons. The zero-order chi connectivity index (χ0) is 17.0. The lowest BCUT2D eigenvalue weighted by molar-refractivity contribution is 0.104. The van der Waals surface area contributed by atoms with Crippen LogP contribution in [-0.2, 0) is 0 Å². The molecule has 0 aliphatic heterocycles. The van der Waals surface area contributed by atoms with Gasteiger partial charge in [0.05, 0.1) is 19.2 Å². The monoisotopic (exact) mass is 330 g/mol. The first-order valence-corrected chi connectivity index (χ1v) is 7.55. The lowest BCUT2D eigenvalue weighted by Gasteiger charge is -2.10. The van der Waals surface area contributed by atoms with Crippen molar-refractivity contribution in [1.29, 1.82) is 0 Å². The highest BCUT2D eigenvalue weighted by atomic mass is 35.5. The summed E-state index contributed by atoms with van der Waals surface area (Å²) >= 11 is 6.16. The number of ketones is 1. The quantitative estimate of drug-likeness (QED) is 0.579. The first-order chi connectivity index (χ1) is 11.0. The van der Waals surface area contributed by atoms with Gasteiger partial charge in [-0.05, 0) is 54.8 Å². The Labute approximate surface area is 141 Å². The maximum Gasteiger partial charge on any atom is 0.185 e. The fourth-order valence-electron chi connectivity index (χ4n) is 2.20. The van der Waals surface area contributed by atoms with Crippen molar-refractivity contribution in [2.75, 3.05) is 14.2 Å². The molecule has 0 radical (unpaired) electrons. The van der Waals surface area contributed by atoms with Crippen LogP contribution in [0, 0.1) is 13.8 Å². The fourth-order valence-corrected chi connectivity index (χ4v) is 2.49. The van der Waals surface area contributed by atoms with Crippen molar-refractivity contribution in [3.8, 4) is 11.5 Å². The number of allylic oxidation sites excluding steroid dienone is 1. The van der Waals surface area contributed by atoms with Crippen LogP contribution < -0.4 is 9.47 Å².